The summed E-state index contributed by atoms with van der Waals surface area (Å²) in [5.41, 5.74) is 5.73. The zero-order valence-corrected chi connectivity index (χ0v) is 12.1. The summed E-state index contributed by atoms with van der Waals surface area (Å²) in [7, 11) is 1.53. The standard InChI is InChI=1S/C14H17N3O5/c1-21-11-5-3-2-4-9(11)7-17-10(8-22-14(17)20)13(19)16-6-12(15)18/h2-5,10H,6-8H2,1H3,(H2,15,18)(H,16,19)/t10-/m0/s1. The molecule has 118 valence electrons. The Morgan fingerprint density at radius 2 is 2.18 bits per heavy atom. The number of carbonyl (C=O) groups is 3. The first kappa shape index (κ1) is 15.6. The second-order valence-corrected chi connectivity index (χ2v) is 4.72. The maximum atomic E-state index is 12.0. The summed E-state index contributed by atoms with van der Waals surface area (Å²) in [6.45, 7) is -0.192. The smallest absolute Gasteiger partial charge is 0.410 e. The van der Waals surface area contributed by atoms with Gasteiger partial charge in [-0.15, -0.1) is 0 Å². The molecular formula is C14H17N3O5. The highest BCUT2D eigenvalue weighted by Gasteiger charge is 2.38. The Labute approximate surface area is 127 Å². The van der Waals surface area contributed by atoms with E-state index in [-0.39, 0.29) is 19.7 Å². The van der Waals surface area contributed by atoms with Crippen LogP contribution in [0.5, 0.6) is 5.75 Å². The molecule has 1 aromatic carbocycles. The minimum Gasteiger partial charge on any atom is -0.496 e. The Balaban J connectivity index is 2.11. The van der Waals surface area contributed by atoms with Gasteiger partial charge in [-0.3, -0.25) is 14.5 Å². The van der Waals surface area contributed by atoms with Crippen molar-refractivity contribution in [2.75, 3.05) is 20.3 Å². The van der Waals surface area contributed by atoms with E-state index in [1.165, 1.54) is 12.0 Å². The summed E-state index contributed by atoms with van der Waals surface area (Å²) in [5, 5.41) is 2.37. The Morgan fingerprint density at radius 1 is 1.45 bits per heavy atom. The van der Waals surface area contributed by atoms with Crippen LogP contribution in [0.4, 0.5) is 4.79 Å². The number of nitrogens with zero attached hydrogens (tertiary/aromatic N) is 1. The average Bonchev–Trinajstić information content (AvgIpc) is 2.86. The normalized spacial score (nSPS) is 17.0. The number of benzene rings is 1. The lowest BCUT2D eigenvalue weighted by atomic mass is 10.1. The topological polar surface area (TPSA) is 111 Å². The summed E-state index contributed by atoms with van der Waals surface area (Å²) < 4.78 is 10.1. The van der Waals surface area contributed by atoms with Crippen molar-refractivity contribution in [1.82, 2.24) is 10.2 Å². The maximum Gasteiger partial charge on any atom is 0.410 e. The predicted octanol–water partition coefficient (Wildman–Crippen LogP) is -0.382. The van der Waals surface area contributed by atoms with E-state index in [4.69, 9.17) is 15.2 Å². The Kier molecular flexibility index (Phi) is 4.82. The molecule has 22 heavy (non-hydrogen) atoms. The van der Waals surface area contributed by atoms with E-state index < -0.39 is 23.9 Å². The van der Waals surface area contributed by atoms with Crippen molar-refractivity contribution in [1.29, 1.82) is 0 Å². The quantitative estimate of drug-likeness (QED) is 0.744. The van der Waals surface area contributed by atoms with Gasteiger partial charge in [-0.25, -0.2) is 4.79 Å². The van der Waals surface area contributed by atoms with Crippen LogP contribution < -0.4 is 15.8 Å². The predicted molar refractivity (Wildman–Crippen MR) is 75.9 cm³/mol. The zero-order chi connectivity index (χ0) is 16.1. The summed E-state index contributed by atoms with van der Waals surface area (Å²) in [4.78, 5) is 35.9. The second kappa shape index (κ2) is 6.79. The van der Waals surface area contributed by atoms with Gasteiger partial charge in [-0.05, 0) is 6.07 Å². The van der Waals surface area contributed by atoms with Gasteiger partial charge in [0.25, 0.3) is 0 Å². The number of carbonyl (C=O) groups excluding carboxylic acids is 3. The monoisotopic (exact) mass is 307 g/mol. The number of nitrogens with two attached hydrogens (primary N) is 1. The number of para-hydroxylation sites is 1. The summed E-state index contributed by atoms with van der Waals surface area (Å²) in [6.07, 6.45) is -0.592. The van der Waals surface area contributed by atoms with Gasteiger partial charge in [0, 0.05) is 5.56 Å². The highest BCUT2D eigenvalue weighted by atomic mass is 16.6. The molecule has 0 radical (unpaired) electrons. The number of rotatable bonds is 6. The Hall–Kier alpha value is -2.77. The SMILES string of the molecule is COc1ccccc1CN1C(=O)OC[C@H]1C(=O)NCC(N)=O. The molecule has 0 aromatic heterocycles. The van der Waals surface area contributed by atoms with Gasteiger partial charge in [0.05, 0.1) is 20.2 Å². The van der Waals surface area contributed by atoms with Crippen molar-refractivity contribution in [3.05, 3.63) is 29.8 Å². The Bertz CT molecular complexity index is 590. The number of ether oxygens (including phenoxy) is 2. The molecule has 8 nitrogen and oxygen atoms in total. The number of hydrogen-bond donors (Lipinski definition) is 2. The van der Waals surface area contributed by atoms with Gasteiger partial charge in [0.1, 0.15) is 18.4 Å². The average molecular weight is 307 g/mol. The highest BCUT2D eigenvalue weighted by Crippen LogP contribution is 2.23. The van der Waals surface area contributed by atoms with Gasteiger partial charge in [0.2, 0.25) is 11.8 Å². The number of nitrogens with one attached hydrogen (secondary N) is 1. The summed E-state index contributed by atoms with van der Waals surface area (Å²) >= 11 is 0. The minimum atomic E-state index is -0.809. The van der Waals surface area contributed by atoms with Crippen LogP contribution in [-0.4, -0.2) is 49.1 Å². The van der Waals surface area contributed by atoms with Crippen LogP contribution in [-0.2, 0) is 20.9 Å². The van der Waals surface area contributed by atoms with Crippen molar-refractivity contribution in [2.45, 2.75) is 12.6 Å². The van der Waals surface area contributed by atoms with Gasteiger partial charge in [-0.1, -0.05) is 18.2 Å². The first-order valence-corrected chi connectivity index (χ1v) is 6.64. The molecule has 0 aliphatic carbocycles. The van der Waals surface area contributed by atoms with Gasteiger partial charge in [-0.2, -0.15) is 0 Å². The van der Waals surface area contributed by atoms with E-state index in [0.717, 1.165) is 5.56 Å². The van der Waals surface area contributed by atoms with Crippen LogP contribution in [0.15, 0.2) is 24.3 Å². The third kappa shape index (κ3) is 3.46. The molecule has 0 saturated carbocycles. The van der Waals surface area contributed by atoms with Crippen LogP contribution >= 0.6 is 0 Å². The fraction of sp³-hybridized carbons (Fsp3) is 0.357. The highest BCUT2D eigenvalue weighted by molar-refractivity contribution is 5.90. The number of primary amides is 1. The first-order chi connectivity index (χ1) is 10.5. The van der Waals surface area contributed by atoms with Crippen LogP contribution in [0.3, 0.4) is 0 Å². The van der Waals surface area contributed by atoms with E-state index in [1.54, 1.807) is 18.2 Å². The molecule has 0 unspecified atom stereocenters. The molecule has 8 heteroatoms. The largest absolute Gasteiger partial charge is 0.496 e. The molecule has 2 rings (SSSR count). The lowest BCUT2D eigenvalue weighted by Crippen LogP contribution is -2.47. The van der Waals surface area contributed by atoms with Crippen molar-refractivity contribution < 1.29 is 23.9 Å². The lowest BCUT2D eigenvalue weighted by Gasteiger charge is -2.21. The van der Waals surface area contributed by atoms with Crippen molar-refractivity contribution >= 4 is 17.9 Å². The van der Waals surface area contributed by atoms with E-state index >= 15 is 0 Å². The lowest BCUT2D eigenvalue weighted by molar-refractivity contribution is -0.127. The van der Waals surface area contributed by atoms with Crippen LogP contribution in [0.1, 0.15) is 5.56 Å². The molecule has 3 N–H and O–H groups in total. The van der Waals surface area contributed by atoms with Gasteiger partial charge < -0.3 is 20.5 Å². The summed E-state index contributed by atoms with van der Waals surface area (Å²) in [5.74, 6) is -0.534. The van der Waals surface area contributed by atoms with E-state index in [1.807, 2.05) is 6.07 Å². The minimum absolute atomic E-state index is 0.0709. The van der Waals surface area contributed by atoms with Gasteiger partial charge in [0.15, 0.2) is 0 Å². The molecule has 1 aromatic rings. The van der Waals surface area contributed by atoms with E-state index in [9.17, 15) is 14.4 Å². The third-order valence-electron chi connectivity index (χ3n) is 3.25. The fourth-order valence-corrected chi connectivity index (χ4v) is 2.15. The van der Waals surface area contributed by atoms with E-state index in [2.05, 4.69) is 5.32 Å². The number of hydrogen-bond acceptors (Lipinski definition) is 5. The molecule has 0 bridgehead atoms. The molecule has 1 fully saturated rings. The molecule has 1 aliphatic heterocycles. The van der Waals surface area contributed by atoms with Crippen molar-refractivity contribution in [3.63, 3.8) is 0 Å². The fourth-order valence-electron chi connectivity index (χ4n) is 2.15. The molecule has 1 atom stereocenters. The molecule has 0 spiro atoms. The van der Waals surface area contributed by atoms with Crippen LogP contribution in [0.25, 0.3) is 0 Å². The van der Waals surface area contributed by atoms with Crippen LogP contribution in [0.2, 0.25) is 0 Å². The number of methoxy groups -OCH3 is 1. The third-order valence-corrected chi connectivity index (χ3v) is 3.25. The maximum absolute atomic E-state index is 12.0. The van der Waals surface area contributed by atoms with Crippen molar-refractivity contribution in [2.24, 2.45) is 5.73 Å². The number of cyclic esters (lactones) is 1. The molecule has 1 saturated heterocycles. The molecular weight excluding hydrogens is 290 g/mol. The zero-order valence-electron chi connectivity index (χ0n) is 12.1. The number of amides is 3. The second-order valence-electron chi connectivity index (χ2n) is 4.72. The molecule has 1 aliphatic rings. The van der Waals surface area contributed by atoms with Gasteiger partial charge >= 0.3 is 6.09 Å². The first-order valence-electron chi connectivity index (χ1n) is 6.64. The van der Waals surface area contributed by atoms with Crippen LogP contribution in [0, 0.1) is 0 Å². The van der Waals surface area contributed by atoms with E-state index in [0.29, 0.717) is 5.75 Å². The Morgan fingerprint density at radius 3 is 2.86 bits per heavy atom. The molecule has 3 amide bonds. The summed E-state index contributed by atoms with van der Waals surface area (Å²) in [6, 6.07) is 6.36. The van der Waals surface area contributed by atoms with Crippen molar-refractivity contribution in [3.8, 4) is 5.75 Å². The molecule has 1 heterocycles.